The molecule has 0 rings (SSSR count). The van der Waals surface area contributed by atoms with Crippen LogP contribution in [0.15, 0.2) is 0 Å². The fourth-order valence-corrected chi connectivity index (χ4v) is 0. The summed E-state index contributed by atoms with van der Waals surface area (Å²) in [7, 11) is 0. The largest absolute Gasteiger partial charge is 0 e. The summed E-state index contributed by atoms with van der Waals surface area (Å²) in [6, 6.07) is 0. The van der Waals surface area contributed by atoms with Gasteiger partial charge in [-0.3, -0.25) is 0 Å². The molecular formula is CeLaNbY. The SMILES string of the molecule is [Ce].[La].[Nb].[Y]. The molecule has 0 atom stereocenters. The maximum atomic E-state index is 0. The van der Waals surface area contributed by atoms with Crippen molar-refractivity contribution in [2.75, 3.05) is 0 Å². The molecule has 0 heterocycles. The van der Waals surface area contributed by atoms with E-state index < -0.39 is 0 Å². The molecule has 0 N–H and O–H groups in total. The van der Waals surface area contributed by atoms with E-state index in [9.17, 15) is 0 Å². The van der Waals surface area contributed by atoms with Gasteiger partial charge in [-0.05, 0) is 0 Å². The van der Waals surface area contributed by atoms with E-state index in [0.717, 1.165) is 0 Å². The molecule has 0 bridgehead atoms. The van der Waals surface area contributed by atoms with Crippen LogP contribution in [0.5, 0.6) is 0 Å². The van der Waals surface area contributed by atoms with E-state index in [2.05, 4.69) is 0 Å². The average molecular weight is 461 g/mol. The zero-order valence-corrected chi connectivity index (χ0v) is 13.9. The van der Waals surface area contributed by atoms with Crippen LogP contribution in [0.2, 0.25) is 0 Å². The first-order valence-electron chi connectivity index (χ1n) is 0. The zero-order chi connectivity index (χ0) is 0. The predicted molar refractivity (Wildman–Crippen MR) is 0 cm³/mol. The molecule has 0 saturated heterocycles. The average Bonchev–Trinajstić information content (AvgIpc) is 0. The van der Waals surface area contributed by atoms with Crippen molar-refractivity contribution in [2.24, 2.45) is 0 Å². The van der Waals surface area contributed by atoms with Crippen LogP contribution >= 0.6 is 0 Å². The quantitative estimate of drug-likeness (QED) is 0.446. The Morgan fingerprint density at radius 1 is 1.00 bits per heavy atom. The van der Waals surface area contributed by atoms with Crippen molar-refractivity contribution in [2.45, 2.75) is 0 Å². The van der Waals surface area contributed by atoms with Crippen LogP contribution in [0.4, 0.5) is 0 Å². The Morgan fingerprint density at radius 2 is 1.00 bits per heavy atom. The fourth-order valence-electron chi connectivity index (χ4n) is 0. The van der Waals surface area contributed by atoms with Crippen molar-refractivity contribution < 1.29 is 132 Å². The van der Waals surface area contributed by atoms with E-state index in [0.29, 0.717) is 0 Å². The fraction of sp³-hybridized carbons (Fsp3) is 0. The Hall–Kier alpha value is 4.42. The van der Waals surface area contributed by atoms with Gasteiger partial charge < -0.3 is 0 Å². The summed E-state index contributed by atoms with van der Waals surface area (Å²) in [6.07, 6.45) is 0. The third-order valence-corrected chi connectivity index (χ3v) is 0. The van der Waals surface area contributed by atoms with Crippen molar-refractivity contribution >= 4 is 0 Å². The Morgan fingerprint density at radius 3 is 1.00 bits per heavy atom. The third kappa shape index (κ3) is 9.65. The van der Waals surface area contributed by atoms with Gasteiger partial charge >= 0.3 is 0 Å². The minimum Gasteiger partial charge on any atom is 0 e. The topological polar surface area (TPSA) is 0 Å². The van der Waals surface area contributed by atoms with Gasteiger partial charge in [0.1, 0.15) is 0 Å². The molecule has 0 spiro atoms. The maximum Gasteiger partial charge on any atom is 0 e. The van der Waals surface area contributed by atoms with Crippen LogP contribution in [-0.4, -0.2) is 0 Å². The van der Waals surface area contributed by atoms with E-state index in [1.807, 2.05) is 0 Å². The molecule has 0 saturated carbocycles. The van der Waals surface area contributed by atoms with Gasteiger partial charge in [-0.25, -0.2) is 0 Å². The van der Waals surface area contributed by atoms with Crippen molar-refractivity contribution in [1.82, 2.24) is 0 Å². The van der Waals surface area contributed by atoms with Crippen molar-refractivity contribution in [1.29, 1.82) is 0 Å². The molecule has 0 aliphatic carbocycles. The van der Waals surface area contributed by atoms with Crippen molar-refractivity contribution in [3.8, 4) is 0 Å². The molecule has 0 unspecified atom stereocenters. The molecule has 0 fully saturated rings. The van der Waals surface area contributed by atoms with Crippen LogP contribution in [0, 0.1) is 77.3 Å². The zero-order valence-electron chi connectivity index (χ0n) is 2.10. The normalized spacial score (nSPS) is 0. The molecule has 4 heteroatoms. The predicted octanol–water partition coefficient (Wildman–Crippen LogP) is -0.00500. The second kappa shape index (κ2) is 15.7. The summed E-state index contributed by atoms with van der Waals surface area (Å²) in [5.41, 5.74) is 0. The minimum absolute atomic E-state index is 0. The third-order valence-electron chi connectivity index (χ3n) is 0. The molecule has 0 amide bonds. The van der Waals surface area contributed by atoms with E-state index in [1.165, 1.54) is 0 Å². The molecule has 15 valence electrons. The molecule has 0 nitrogen and oxygen atoms in total. The second-order valence-corrected chi connectivity index (χ2v) is 0. The van der Waals surface area contributed by atoms with Gasteiger partial charge in [-0.1, -0.05) is 0 Å². The molecule has 4 heavy (non-hydrogen) atoms. The van der Waals surface area contributed by atoms with Gasteiger partial charge in [0.2, 0.25) is 0 Å². The van der Waals surface area contributed by atoms with Gasteiger partial charge in [0.25, 0.3) is 0 Å². The first-order valence-corrected chi connectivity index (χ1v) is 0. The summed E-state index contributed by atoms with van der Waals surface area (Å²) in [5.74, 6) is 0. The molecule has 0 aliphatic heterocycles. The van der Waals surface area contributed by atoms with E-state index in [1.54, 1.807) is 0 Å². The van der Waals surface area contributed by atoms with Crippen LogP contribution in [0.25, 0.3) is 0 Å². The summed E-state index contributed by atoms with van der Waals surface area (Å²) >= 11 is 0. The molecular weight excluding hydrogens is 461 g/mol. The molecule has 3 radical (unpaired) electrons. The van der Waals surface area contributed by atoms with Crippen molar-refractivity contribution in [3.05, 3.63) is 0 Å². The summed E-state index contributed by atoms with van der Waals surface area (Å²) in [5, 5.41) is 0. The Balaban J connectivity index is 0. The Labute approximate surface area is 128 Å². The molecule has 0 aromatic carbocycles. The minimum atomic E-state index is 0. The van der Waals surface area contributed by atoms with E-state index in [-0.39, 0.29) is 132 Å². The maximum absolute atomic E-state index is 0. The van der Waals surface area contributed by atoms with Gasteiger partial charge in [0.15, 0.2) is 0 Å². The van der Waals surface area contributed by atoms with Crippen molar-refractivity contribution in [3.63, 3.8) is 0 Å². The Bertz CT molecular complexity index is 8.00. The van der Waals surface area contributed by atoms with Crippen LogP contribution < -0.4 is 0 Å². The number of hydrogen-bond acceptors (Lipinski definition) is 0. The Kier molecular flexibility index (Phi) is 92.9. The summed E-state index contributed by atoms with van der Waals surface area (Å²) in [4.78, 5) is 0. The van der Waals surface area contributed by atoms with Crippen LogP contribution in [0.3, 0.4) is 0 Å². The molecule has 0 aliphatic rings. The van der Waals surface area contributed by atoms with Gasteiger partial charge in [0.05, 0.1) is 0 Å². The van der Waals surface area contributed by atoms with Gasteiger partial charge in [-0.2, -0.15) is 0 Å². The smallest absolute Gasteiger partial charge is 0 e. The first kappa shape index (κ1) is 23.7. The van der Waals surface area contributed by atoms with Crippen LogP contribution in [-0.2, 0) is 55.1 Å². The van der Waals surface area contributed by atoms with Gasteiger partial charge in [0, 0.05) is 132 Å². The molecule has 0 aromatic heterocycles. The monoisotopic (exact) mass is 461 g/mol. The summed E-state index contributed by atoms with van der Waals surface area (Å²) in [6.45, 7) is 0. The standard InChI is InChI=1S/Ce.La.Nb.Y. The van der Waals surface area contributed by atoms with Gasteiger partial charge in [-0.15, -0.1) is 0 Å². The second-order valence-electron chi connectivity index (χ2n) is 0. The number of rotatable bonds is 0. The molecule has 0 aromatic rings. The number of hydrogen-bond donors (Lipinski definition) is 0. The van der Waals surface area contributed by atoms with E-state index in [4.69, 9.17) is 0 Å². The summed E-state index contributed by atoms with van der Waals surface area (Å²) < 4.78 is 0. The first-order chi connectivity index (χ1) is 0. The van der Waals surface area contributed by atoms with E-state index >= 15 is 0 Å². The van der Waals surface area contributed by atoms with Crippen LogP contribution in [0.1, 0.15) is 0 Å².